The summed E-state index contributed by atoms with van der Waals surface area (Å²) in [5.41, 5.74) is -1.59. The molecule has 1 saturated heterocycles. The van der Waals surface area contributed by atoms with Crippen LogP contribution in [0, 0.1) is 35.5 Å². The second-order valence-corrected chi connectivity index (χ2v) is 29.7. The molecule has 1 rings (SSSR count). The quantitative estimate of drug-likeness (QED) is 0.0601. The summed E-state index contributed by atoms with van der Waals surface area (Å²) < 4.78 is 0. The van der Waals surface area contributed by atoms with Crippen LogP contribution < -0.4 is 21.3 Å². The number of aliphatic hydroxyl groups is 3. The molecular weight excluding hydrogens is 1230 g/mol. The lowest BCUT2D eigenvalue weighted by Gasteiger charge is -2.41. The van der Waals surface area contributed by atoms with Gasteiger partial charge in [-0.3, -0.25) is 52.7 Å². The summed E-state index contributed by atoms with van der Waals surface area (Å²) in [5.74, 6) is -9.93. The number of nitrogens with one attached hydrogen (secondary N) is 4. The molecule has 1 aliphatic heterocycles. The number of hydrogen-bond donors (Lipinski definition) is 7. The zero-order valence-electron chi connectivity index (χ0n) is 61.4. The van der Waals surface area contributed by atoms with Crippen LogP contribution in [0.5, 0.6) is 0 Å². The molecule has 0 bridgehead atoms. The smallest absolute Gasteiger partial charge is 0.246 e. The minimum absolute atomic E-state index is 0.0114. The van der Waals surface area contributed by atoms with Crippen molar-refractivity contribution in [1.29, 1.82) is 0 Å². The van der Waals surface area contributed by atoms with E-state index in [0.29, 0.717) is 25.0 Å². The number of likely N-dealkylation sites (N-methyl/N-ethyl adjacent to an activating group) is 7. The molecular formula is C68H123N11O14S. The lowest BCUT2D eigenvalue weighted by Crippen LogP contribution is -2.64. The summed E-state index contributed by atoms with van der Waals surface area (Å²) in [7, 11) is 9.80. The maximum absolute atomic E-state index is 15.3. The van der Waals surface area contributed by atoms with Crippen molar-refractivity contribution in [3.05, 3.63) is 12.2 Å². The Labute approximate surface area is 566 Å². The summed E-state index contributed by atoms with van der Waals surface area (Å²) in [5, 5.41) is 44.1. The van der Waals surface area contributed by atoms with Gasteiger partial charge in [-0.05, 0) is 121 Å². The average molecular weight is 1350 g/mol. The van der Waals surface area contributed by atoms with Gasteiger partial charge < -0.3 is 70.9 Å². The number of amides is 11. The number of aliphatic hydroxyl groups excluding tert-OH is 2. The van der Waals surface area contributed by atoms with Gasteiger partial charge in [0.1, 0.15) is 66.5 Å². The largest absolute Gasteiger partial charge is 0.396 e. The fraction of sp³-hybridized carbons (Fsp3) is 0.809. The maximum atomic E-state index is 15.3. The molecule has 0 aromatic carbocycles. The summed E-state index contributed by atoms with van der Waals surface area (Å²) in [6.45, 7) is 28.8. The first-order valence-corrected chi connectivity index (χ1v) is 34.9. The second-order valence-electron chi connectivity index (χ2n) is 28.6. The van der Waals surface area contributed by atoms with Gasteiger partial charge in [0.05, 0.1) is 11.7 Å². The first kappa shape index (κ1) is 86.2. The van der Waals surface area contributed by atoms with Gasteiger partial charge in [-0.1, -0.05) is 102 Å². The molecule has 1 heterocycles. The molecule has 1 aliphatic rings. The van der Waals surface area contributed by atoms with Gasteiger partial charge in [0, 0.05) is 68.1 Å². The van der Waals surface area contributed by atoms with E-state index >= 15 is 28.8 Å². The van der Waals surface area contributed by atoms with Crippen LogP contribution in [0.15, 0.2) is 12.2 Å². The van der Waals surface area contributed by atoms with Crippen molar-refractivity contribution in [1.82, 2.24) is 55.6 Å². The van der Waals surface area contributed by atoms with E-state index in [9.17, 15) is 39.3 Å². The number of allylic oxidation sites excluding steroid dienone is 2. The minimum Gasteiger partial charge on any atom is -0.396 e. The van der Waals surface area contributed by atoms with Crippen LogP contribution in [0.4, 0.5) is 0 Å². The molecule has 94 heavy (non-hydrogen) atoms. The SMILES string of the molecule is C/C=C/C[C@@H](C)[C@@H](O)[C@H]1C(=O)N[C@@H](CC)C(=O)N(C)[C@@H](CSCCCCCO)C(=O)N(C)[C@@H](CC(C)(C)O)C(=O)N[C@@H](C(C)C)C(=O)N(C)[C@@H](CC(C)C)C(=O)N[C@@H](C)C(=O)N[C@H](C)C(=O)N(C)[C@@H](CC(C)C)C(=O)N(C)[C@@H](CC(C)C)C(=O)N(C)[C@@H](C(C)C)C(=O)N1C. The predicted molar refractivity (Wildman–Crippen MR) is 367 cm³/mol. The maximum Gasteiger partial charge on any atom is 0.246 e. The lowest BCUT2D eigenvalue weighted by atomic mass is 9.91. The van der Waals surface area contributed by atoms with Crippen molar-refractivity contribution >= 4 is 76.7 Å². The highest BCUT2D eigenvalue weighted by Gasteiger charge is 2.47. The number of carbonyl (C=O) groups is 11. The zero-order chi connectivity index (χ0) is 72.7. The van der Waals surface area contributed by atoms with E-state index in [1.54, 1.807) is 60.6 Å². The molecule has 0 aromatic rings. The molecule has 0 unspecified atom stereocenters. The Morgan fingerprint density at radius 2 is 0.947 bits per heavy atom. The van der Waals surface area contributed by atoms with Crippen LogP contribution in [0.2, 0.25) is 0 Å². The highest BCUT2D eigenvalue weighted by Crippen LogP contribution is 2.27. The molecule has 0 aliphatic carbocycles. The van der Waals surface area contributed by atoms with E-state index < -0.39 is 161 Å². The summed E-state index contributed by atoms with van der Waals surface area (Å²) >= 11 is 1.34. The van der Waals surface area contributed by atoms with Crippen molar-refractivity contribution in [2.45, 2.75) is 254 Å². The molecule has 0 radical (unpaired) electrons. The van der Waals surface area contributed by atoms with Crippen LogP contribution in [-0.4, -0.2) is 260 Å². The van der Waals surface area contributed by atoms with Crippen LogP contribution >= 0.6 is 11.8 Å². The molecule has 540 valence electrons. The van der Waals surface area contributed by atoms with Crippen molar-refractivity contribution in [2.24, 2.45) is 35.5 Å². The number of hydrogen-bond acceptors (Lipinski definition) is 15. The predicted octanol–water partition coefficient (Wildman–Crippen LogP) is 3.65. The third-order valence-electron chi connectivity index (χ3n) is 17.6. The van der Waals surface area contributed by atoms with Gasteiger partial charge in [-0.15, -0.1) is 0 Å². The summed E-state index contributed by atoms with van der Waals surface area (Å²) in [6, 6.07) is -14.5. The summed E-state index contributed by atoms with van der Waals surface area (Å²) in [6.07, 6.45) is 4.16. The Morgan fingerprint density at radius 1 is 0.500 bits per heavy atom. The average Bonchev–Trinajstić information content (AvgIpc) is 0.809. The Hall–Kier alpha value is -5.86. The van der Waals surface area contributed by atoms with E-state index in [1.807, 2.05) is 41.5 Å². The van der Waals surface area contributed by atoms with Gasteiger partial charge >= 0.3 is 0 Å². The number of carbonyl (C=O) groups excluding carboxylic acids is 11. The van der Waals surface area contributed by atoms with E-state index in [4.69, 9.17) is 0 Å². The van der Waals surface area contributed by atoms with Gasteiger partial charge in [0.2, 0.25) is 65.0 Å². The molecule has 26 heteroatoms. The highest BCUT2D eigenvalue weighted by atomic mass is 32.2. The standard InChI is InChI=1S/C68H123N11O14S/c1-25-27-31-44(13)56(81)55-60(85)71-47(26-2)62(87)77(22)52(38-94-33-30-28-29-32-80)65(90)76(21)51(37-68(16,17)93)59(84)72-53(42(9)10)66(91)73(18)48(34-39(3)4)58(83)69-45(14)57(82)70-46(15)61(86)74(19)49(35-40(5)6)63(88)75(20)50(36-41(7)8)64(89)78(23)54(43(11)12)67(92)79(55)24/h25,27,39-56,80-81,93H,26,28-38H2,1-24H3,(H,69,83)(H,70,82)(H,71,85)(H,72,84)/b27-25+/t44-,45+,46-,47+,48+,49+,50+,51+,52+,53+,54+,55+,56-/m1/s1. The number of thioether (sulfide) groups is 1. The third kappa shape index (κ3) is 25.3. The zero-order valence-corrected chi connectivity index (χ0v) is 62.2. The number of unbranched alkanes of at least 4 members (excludes halogenated alkanes) is 2. The second kappa shape index (κ2) is 40.0. The fourth-order valence-electron chi connectivity index (χ4n) is 11.7. The normalized spacial score (nSPS) is 26.4. The first-order valence-electron chi connectivity index (χ1n) is 33.8. The van der Waals surface area contributed by atoms with Gasteiger partial charge in [0.25, 0.3) is 0 Å². The monoisotopic (exact) mass is 1350 g/mol. The number of rotatable bonds is 22. The molecule has 0 aromatic heterocycles. The van der Waals surface area contributed by atoms with E-state index in [1.165, 1.54) is 113 Å². The van der Waals surface area contributed by atoms with Crippen LogP contribution in [0.1, 0.15) is 175 Å². The Kier molecular flexibility index (Phi) is 36.7. The number of nitrogens with zero attached hydrogens (tertiary/aromatic N) is 7. The van der Waals surface area contributed by atoms with Gasteiger partial charge in [-0.25, -0.2) is 0 Å². The molecule has 25 nitrogen and oxygen atoms in total. The minimum atomic E-state index is -1.67. The highest BCUT2D eigenvalue weighted by molar-refractivity contribution is 7.99. The van der Waals surface area contributed by atoms with Gasteiger partial charge in [-0.2, -0.15) is 11.8 Å². The summed E-state index contributed by atoms with van der Waals surface area (Å²) in [4.78, 5) is 172. The Morgan fingerprint density at radius 3 is 1.43 bits per heavy atom. The van der Waals surface area contributed by atoms with Crippen molar-refractivity contribution in [3.63, 3.8) is 0 Å². The topological polar surface area (TPSA) is 319 Å². The third-order valence-corrected chi connectivity index (χ3v) is 18.7. The van der Waals surface area contributed by atoms with Crippen molar-refractivity contribution in [3.8, 4) is 0 Å². The Balaban J connectivity index is 4.56. The Bertz CT molecular complexity index is 2540. The molecule has 1 fully saturated rings. The van der Waals surface area contributed by atoms with Crippen LogP contribution in [0.3, 0.4) is 0 Å². The molecule has 11 amide bonds. The molecule has 0 spiro atoms. The van der Waals surface area contributed by atoms with Crippen LogP contribution in [0.25, 0.3) is 0 Å². The van der Waals surface area contributed by atoms with Crippen molar-refractivity contribution in [2.75, 3.05) is 67.4 Å². The van der Waals surface area contributed by atoms with E-state index in [0.717, 1.165) is 9.80 Å². The lowest BCUT2D eigenvalue weighted by molar-refractivity contribution is -0.157. The first-order chi connectivity index (χ1) is 43.5. The van der Waals surface area contributed by atoms with Crippen LogP contribution in [-0.2, 0) is 52.7 Å². The van der Waals surface area contributed by atoms with Crippen molar-refractivity contribution < 1.29 is 68.1 Å². The molecule has 0 saturated carbocycles. The van der Waals surface area contributed by atoms with Gasteiger partial charge in [0.15, 0.2) is 0 Å². The van der Waals surface area contributed by atoms with E-state index in [2.05, 4.69) is 21.3 Å². The molecule has 13 atom stereocenters. The fourth-order valence-corrected chi connectivity index (χ4v) is 12.8. The van der Waals surface area contributed by atoms with E-state index in [-0.39, 0.29) is 68.6 Å². The molecule has 7 N–H and O–H groups in total.